The van der Waals surface area contributed by atoms with Gasteiger partial charge in [0.25, 0.3) is 0 Å². The van der Waals surface area contributed by atoms with Gasteiger partial charge in [-0.15, -0.1) is 0 Å². The molecule has 0 amide bonds. The van der Waals surface area contributed by atoms with Crippen molar-refractivity contribution in [3.63, 3.8) is 0 Å². The van der Waals surface area contributed by atoms with Gasteiger partial charge >= 0.3 is 0 Å². The average molecular weight is 421 g/mol. The molecule has 0 aliphatic carbocycles. The van der Waals surface area contributed by atoms with Crippen LogP contribution in [0.4, 0.5) is 17.2 Å². The molecule has 4 heterocycles. The maximum Gasteiger partial charge on any atom is 0.143 e. The molecule has 1 saturated heterocycles. The summed E-state index contributed by atoms with van der Waals surface area (Å²) >= 11 is 0. The van der Waals surface area contributed by atoms with Crippen molar-refractivity contribution in [3.8, 4) is 5.75 Å². The van der Waals surface area contributed by atoms with Crippen LogP contribution in [0.15, 0.2) is 36.5 Å². The van der Waals surface area contributed by atoms with Crippen LogP contribution in [0.3, 0.4) is 0 Å². The zero-order valence-corrected chi connectivity index (χ0v) is 18.4. The van der Waals surface area contributed by atoms with E-state index < -0.39 is 0 Å². The Morgan fingerprint density at radius 2 is 2.13 bits per heavy atom. The normalized spacial score (nSPS) is 19.3. The van der Waals surface area contributed by atoms with Crippen molar-refractivity contribution in [3.05, 3.63) is 47.7 Å². The minimum Gasteiger partial charge on any atom is -0.490 e. The standard InChI is InChI=1S/C24H32N6O/c1-29(2)9-3-7-25-20-14-19(17-5-6-24(27-16-17)30-10-4-11-30)28-21-15-22-23(13-18(20)21)31-12-8-26-22/h5-6,13-16,19,25-26,28H,3-4,7-12H2,1-2H3. The summed E-state index contributed by atoms with van der Waals surface area (Å²) in [5, 5.41) is 10.8. The molecule has 0 bridgehead atoms. The van der Waals surface area contributed by atoms with Gasteiger partial charge in [-0.2, -0.15) is 0 Å². The van der Waals surface area contributed by atoms with Crippen LogP contribution in [0.1, 0.15) is 30.0 Å². The van der Waals surface area contributed by atoms with E-state index in [1.54, 1.807) is 0 Å². The fourth-order valence-electron chi connectivity index (χ4n) is 4.26. The highest BCUT2D eigenvalue weighted by Crippen LogP contribution is 2.41. The molecule has 7 heteroatoms. The third-order valence-electron chi connectivity index (χ3n) is 6.14. The van der Waals surface area contributed by atoms with Crippen molar-refractivity contribution in [2.24, 2.45) is 0 Å². The Hall–Kier alpha value is -2.93. The zero-order valence-electron chi connectivity index (χ0n) is 18.4. The van der Waals surface area contributed by atoms with Crippen molar-refractivity contribution >= 4 is 22.9 Å². The van der Waals surface area contributed by atoms with Gasteiger partial charge in [0.05, 0.1) is 11.7 Å². The highest BCUT2D eigenvalue weighted by atomic mass is 16.5. The van der Waals surface area contributed by atoms with Crippen LogP contribution in [0, 0.1) is 0 Å². The molecule has 3 aliphatic heterocycles. The minimum absolute atomic E-state index is 0.0735. The molecule has 1 unspecified atom stereocenters. The summed E-state index contributed by atoms with van der Waals surface area (Å²) in [7, 11) is 4.23. The van der Waals surface area contributed by atoms with Crippen molar-refractivity contribution in [2.45, 2.75) is 18.9 Å². The van der Waals surface area contributed by atoms with Gasteiger partial charge in [0.2, 0.25) is 0 Å². The second-order valence-corrected chi connectivity index (χ2v) is 8.75. The van der Waals surface area contributed by atoms with Crippen LogP contribution in [0.5, 0.6) is 5.75 Å². The maximum absolute atomic E-state index is 5.89. The molecule has 5 rings (SSSR count). The van der Waals surface area contributed by atoms with Crippen LogP contribution in [-0.4, -0.2) is 63.3 Å². The molecule has 0 saturated carbocycles. The second kappa shape index (κ2) is 8.67. The third kappa shape index (κ3) is 4.28. The molecule has 1 fully saturated rings. The molecule has 1 atom stereocenters. The number of pyridine rings is 1. The summed E-state index contributed by atoms with van der Waals surface area (Å²) in [5.74, 6) is 2.00. The summed E-state index contributed by atoms with van der Waals surface area (Å²) in [6.07, 6.45) is 6.64. The van der Waals surface area contributed by atoms with E-state index in [-0.39, 0.29) is 6.04 Å². The maximum atomic E-state index is 5.89. The lowest BCUT2D eigenvalue weighted by molar-refractivity contribution is 0.323. The first-order valence-electron chi connectivity index (χ1n) is 11.3. The van der Waals surface area contributed by atoms with E-state index in [2.05, 4.69) is 70.2 Å². The lowest BCUT2D eigenvalue weighted by Crippen LogP contribution is -2.37. The lowest BCUT2D eigenvalue weighted by atomic mass is 9.97. The number of benzene rings is 1. The monoisotopic (exact) mass is 420 g/mol. The number of fused-ring (bicyclic) bond motifs is 2. The number of hydrogen-bond acceptors (Lipinski definition) is 7. The van der Waals surface area contributed by atoms with Gasteiger partial charge in [-0.1, -0.05) is 6.07 Å². The first-order chi connectivity index (χ1) is 15.2. The molecule has 7 nitrogen and oxygen atoms in total. The van der Waals surface area contributed by atoms with E-state index >= 15 is 0 Å². The van der Waals surface area contributed by atoms with Crippen LogP contribution in [0.25, 0.3) is 5.70 Å². The molecule has 164 valence electrons. The van der Waals surface area contributed by atoms with E-state index in [4.69, 9.17) is 9.72 Å². The molecule has 3 N–H and O–H groups in total. The first kappa shape index (κ1) is 20.0. The molecule has 0 radical (unpaired) electrons. The Balaban J connectivity index is 1.41. The van der Waals surface area contributed by atoms with Gasteiger partial charge in [-0.05, 0) is 63.3 Å². The number of ether oxygens (including phenoxy) is 1. The van der Waals surface area contributed by atoms with Crippen molar-refractivity contribution in [1.82, 2.24) is 15.2 Å². The number of aromatic nitrogens is 1. The Morgan fingerprint density at radius 1 is 1.23 bits per heavy atom. The van der Waals surface area contributed by atoms with Gasteiger partial charge in [0, 0.05) is 49.3 Å². The van der Waals surface area contributed by atoms with Crippen LogP contribution < -0.4 is 25.6 Å². The fourth-order valence-corrected chi connectivity index (χ4v) is 4.26. The van der Waals surface area contributed by atoms with Crippen LogP contribution in [-0.2, 0) is 0 Å². The summed E-state index contributed by atoms with van der Waals surface area (Å²) in [6, 6.07) is 8.74. The van der Waals surface area contributed by atoms with Crippen molar-refractivity contribution in [2.75, 3.05) is 69.0 Å². The third-order valence-corrected chi connectivity index (χ3v) is 6.14. The summed E-state index contributed by atoms with van der Waals surface area (Å²) in [6.45, 7) is 5.76. The van der Waals surface area contributed by atoms with E-state index in [1.165, 1.54) is 12.0 Å². The number of nitrogens with zero attached hydrogens (tertiary/aromatic N) is 3. The Kier molecular flexibility index (Phi) is 5.59. The first-order valence-corrected chi connectivity index (χ1v) is 11.3. The molecule has 1 aromatic carbocycles. The summed E-state index contributed by atoms with van der Waals surface area (Å²) < 4.78 is 5.89. The zero-order chi connectivity index (χ0) is 21.2. The van der Waals surface area contributed by atoms with Crippen molar-refractivity contribution < 1.29 is 4.74 Å². The fraction of sp³-hybridized carbons (Fsp3) is 0.458. The Bertz CT molecular complexity index is 951. The Morgan fingerprint density at radius 3 is 2.87 bits per heavy atom. The van der Waals surface area contributed by atoms with Gasteiger partial charge < -0.3 is 30.5 Å². The Labute approximate surface area is 184 Å². The van der Waals surface area contributed by atoms with E-state index in [0.717, 1.165) is 73.3 Å². The van der Waals surface area contributed by atoms with Gasteiger partial charge in [-0.25, -0.2) is 4.98 Å². The number of anilines is 3. The van der Waals surface area contributed by atoms with E-state index in [9.17, 15) is 0 Å². The predicted octanol–water partition coefficient (Wildman–Crippen LogP) is 3.15. The second-order valence-electron chi connectivity index (χ2n) is 8.75. The lowest BCUT2D eigenvalue weighted by Gasteiger charge is -2.32. The molecule has 3 aliphatic rings. The molecule has 31 heavy (non-hydrogen) atoms. The van der Waals surface area contributed by atoms with Gasteiger partial charge in [0.15, 0.2) is 0 Å². The molecule has 1 aromatic heterocycles. The van der Waals surface area contributed by atoms with Crippen LogP contribution in [0.2, 0.25) is 0 Å². The average Bonchev–Trinajstić information content (AvgIpc) is 2.74. The molecule has 0 spiro atoms. The van der Waals surface area contributed by atoms with Gasteiger partial charge in [-0.3, -0.25) is 0 Å². The van der Waals surface area contributed by atoms with Crippen LogP contribution >= 0.6 is 0 Å². The van der Waals surface area contributed by atoms with Crippen molar-refractivity contribution in [1.29, 1.82) is 0 Å². The van der Waals surface area contributed by atoms with E-state index in [0.29, 0.717) is 6.61 Å². The van der Waals surface area contributed by atoms with Gasteiger partial charge in [0.1, 0.15) is 18.2 Å². The quantitative estimate of drug-likeness (QED) is 0.595. The minimum atomic E-state index is 0.0735. The topological polar surface area (TPSA) is 64.7 Å². The largest absolute Gasteiger partial charge is 0.490 e. The number of hydrogen-bond donors (Lipinski definition) is 3. The predicted molar refractivity (Wildman–Crippen MR) is 127 cm³/mol. The number of rotatable bonds is 7. The molecule has 2 aromatic rings. The summed E-state index contributed by atoms with van der Waals surface area (Å²) in [5.41, 5.74) is 5.65. The smallest absolute Gasteiger partial charge is 0.143 e. The highest BCUT2D eigenvalue weighted by molar-refractivity contribution is 5.84. The SMILES string of the molecule is CN(C)CCCNC1=CC(c2ccc(N3CCC3)nc2)Nc2cc3c(cc21)OCCN3. The van der Waals surface area contributed by atoms with E-state index in [1.807, 2.05) is 6.20 Å². The highest BCUT2D eigenvalue weighted by Gasteiger charge is 2.24. The summed E-state index contributed by atoms with van der Waals surface area (Å²) in [4.78, 5) is 9.26. The molecular weight excluding hydrogens is 388 g/mol. The molecular formula is C24H32N6O. The number of nitrogens with one attached hydrogen (secondary N) is 3.